The van der Waals surface area contributed by atoms with Gasteiger partial charge in [-0.1, -0.05) is 18.2 Å². The van der Waals surface area contributed by atoms with Gasteiger partial charge in [-0.2, -0.15) is 0 Å². The van der Waals surface area contributed by atoms with Crippen molar-refractivity contribution in [3.63, 3.8) is 0 Å². The third-order valence-electron chi connectivity index (χ3n) is 3.12. The van der Waals surface area contributed by atoms with E-state index in [0.717, 1.165) is 9.80 Å². The van der Waals surface area contributed by atoms with Crippen LogP contribution in [0, 0.1) is 0 Å². The second kappa shape index (κ2) is 5.80. The van der Waals surface area contributed by atoms with Crippen LogP contribution < -0.4 is 4.74 Å². The Morgan fingerprint density at radius 3 is 2.14 bits per heavy atom. The Morgan fingerprint density at radius 1 is 1.05 bits per heavy atom. The van der Waals surface area contributed by atoms with Gasteiger partial charge in [0.05, 0.1) is 0 Å². The monoisotopic (exact) mass is 302 g/mol. The van der Waals surface area contributed by atoms with Gasteiger partial charge in [0.15, 0.2) is 0 Å². The largest absolute Gasteiger partial charge is 0.426 e. The lowest BCUT2D eigenvalue weighted by molar-refractivity contribution is -0.134. The Hall–Kier alpha value is -2.96. The van der Waals surface area contributed by atoms with E-state index in [4.69, 9.17) is 4.74 Å². The third kappa shape index (κ3) is 2.73. The summed E-state index contributed by atoms with van der Waals surface area (Å²) in [5, 5.41) is 0. The van der Waals surface area contributed by atoms with Crippen molar-refractivity contribution in [1.29, 1.82) is 0 Å². The summed E-state index contributed by atoms with van der Waals surface area (Å²) in [5.41, 5.74) is 0.217. The normalized spacial score (nSPS) is 15.2. The second-order valence-corrected chi connectivity index (χ2v) is 4.70. The van der Waals surface area contributed by atoms with Crippen molar-refractivity contribution < 1.29 is 23.9 Å². The van der Waals surface area contributed by atoms with Gasteiger partial charge in [0.25, 0.3) is 11.8 Å². The van der Waals surface area contributed by atoms with Gasteiger partial charge in [-0.05, 0) is 12.1 Å². The molecular weight excluding hydrogens is 288 g/mol. The number of ether oxygens (including phenoxy) is 1. The highest BCUT2D eigenvalue weighted by Gasteiger charge is 2.37. The number of hydrogen-bond acceptors (Lipinski definition) is 5. The fourth-order valence-corrected chi connectivity index (χ4v) is 1.98. The summed E-state index contributed by atoms with van der Waals surface area (Å²) in [6, 6.07) is 5.79. The number of imide groups is 2. The van der Waals surface area contributed by atoms with Gasteiger partial charge in [-0.25, -0.2) is 4.79 Å². The van der Waals surface area contributed by atoms with Gasteiger partial charge in [0.1, 0.15) is 11.3 Å². The highest BCUT2D eigenvalue weighted by Crippen LogP contribution is 2.24. The highest BCUT2D eigenvalue weighted by atomic mass is 16.5. The fraction of sp³-hybridized carbons (Fsp3) is 0.200. The van der Waals surface area contributed by atoms with Crippen LogP contribution in [0.15, 0.2) is 29.8 Å². The van der Waals surface area contributed by atoms with Crippen LogP contribution in [0.5, 0.6) is 5.75 Å². The van der Waals surface area contributed by atoms with Crippen molar-refractivity contribution >= 4 is 29.9 Å². The molecule has 7 heteroatoms. The Labute approximate surface area is 126 Å². The molecule has 0 radical (unpaired) electrons. The van der Waals surface area contributed by atoms with Crippen LogP contribution in [0.2, 0.25) is 0 Å². The van der Waals surface area contributed by atoms with Crippen molar-refractivity contribution in [3.05, 3.63) is 35.4 Å². The molecule has 7 nitrogen and oxygen atoms in total. The number of likely N-dealkylation sites (N-methyl/N-ethyl adjacent to an activating group) is 2. The molecule has 0 unspecified atom stereocenters. The Kier molecular flexibility index (Phi) is 4.07. The van der Waals surface area contributed by atoms with Crippen molar-refractivity contribution in [2.75, 3.05) is 14.1 Å². The molecule has 1 aromatic carbocycles. The molecule has 0 aliphatic carbocycles. The number of amides is 4. The zero-order chi connectivity index (χ0) is 16.4. The van der Waals surface area contributed by atoms with Crippen molar-refractivity contribution in [2.24, 2.45) is 0 Å². The molecule has 1 fully saturated rings. The maximum absolute atomic E-state index is 12.1. The standard InChI is InChI=1S/C15H14N2O5/c1-9(18)22-12-7-5-4-6-10(12)8-11-13(19)16(2)15(21)17(3)14(11)20/h4-8H,1-3H3. The van der Waals surface area contributed by atoms with Crippen LogP contribution in [0.3, 0.4) is 0 Å². The van der Waals surface area contributed by atoms with E-state index < -0.39 is 23.8 Å². The van der Waals surface area contributed by atoms with E-state index in [9.17, 15) is 19.2 Å². The van der Waals surface area contributed by atoms with Gasteiger partial charge in [0, 0.05) is 26.6 Å². The molecule has 0 aromatic heterocycles. The first-order valence-corrected chi connectivity index (χ1v) is 6.42. The summed E-state index contributed by atoms with van der Waals surface area (Å²) in [6.45, 7) is 1.25. The van der Waals surface area contributed by atoms with Crippen LogP contribution in [0.25, 0.3) is 6.08 Å². The number of rotatable bonds is 2. The average molecular weight is 302 g/mol. The number of carbonyl (C=O) groups excluding carboxylic acids is 4. The quantitative estimate of drug-likeness (QED) is 0.353. The minimum Gasteiger partial charge on any atom is -0.426 e. The van der Waals surface area contributed by atoms with Crippen LogP contribution in [-0.2, 0) is 14.4 Å². The van der Waals surface area contributed by atoms with E-state index in [1.54, 1.807) is 24.3 Å². The zero-order valence-corrected chi connectivity index (χ0v) is 12.3. The summed E-state index contributed by atoms with van der Waals surface area (Å²) in [4.78, 5) is 48.7. The molecule has 1 saturated heterocycles. The highest BCUT2D eigenvalue weighted by molar-refractivity contribution is 6.30. The molecular formula is C15H14N2O5. The zero-order valence-electron chi connectivity index (χ0n) is 12.3. The van der Waals surface area contributed by atoms with Gasteiger partial charge in [0.2, 0.25) is 0 Å². The smallest absolute Gasteiger partial charge is 0.333 e. The number of benzene rings is 1. The maximum Gasteiger partial charge on any atom is 0.333 e. The Balaban J connectivity index is 2.48. The Bertz CT molecular complexity index is 682. The number of para-hydroxylation sites is 1. The average Bonchev–Trinajstić information content (AvgIpc) is 2.48. The molecule has 0 saturated carbocycles. The lowest BCUT2D eigenvalue weighted by Gasteiger charge is -2.28. The number of hydrogen-bond donors (Lipinski definition) is 0. The number of esters is 1. The van der Waals surface area contributed by atoms with E-state index in [1.165, 1.54) is 27.1 Å². The molecule has 114 valence electrons. The first-order chi connectivity index (χ1) is 10.3. The third-order valence-corrected chi connectivity index (χ3v) is 3.12. The van der Waals surface area contributed by atoms with E-state index in [1.807, 2.05) is 0 Å². The Morgan fingerprint density at radius 2 is 1.59 bits per heavy atom. The minimum absolute atomic E-state index is 0.177. The number of barbiturate groups is 1. The second-order valence-electron chi connectivity index (χ2n) is 4.70. The van der Waals surface area contributed by atoms with E-state index >= 15 is 0 Å². The van der Waals surface area contributed by atoms with E-state index in [2.05, 4.69) is 0 Å². The van der Waals surface area contributed by atoms with Crippen LogP contribution in [0.4, 0.5) is 4.79 Å². The molecule has 0 spiro atoms. The first-order valence-electron chi connectivity index (χ1n) is 6.42. The van der Waals surface area contributed by atoms with Gasteiger partial charge in [-0.15, -0.1) is 0 Å². The molecule has 0 atom stereocenters. The molecule has 1 aliphatic rings. The summed E-state index contributed by atoms with van der Waals surface area (Å²) < 4.78 is 5.03. The lowest BCUT2D eigenvalue weighted by atomic mass is 10.1. The molecule has 4 amide bonds. The SMILES string of the molecule is CC(=O)Oc1ccccc1C=C1C(=O)N(C)C(=O)N(C)C1=O. The number of urea groups is 1. The topological polar surface area (TPSA) is 84.0 Å². The summed E-state index contributed by atoms with van der Waals surface area (Å²) in [7, 11) is 2.58. The van der Waals surface area contributed by atoms with Crippen molar-refractivity contribution in [3.8, 4) is 5.75 Å². The van der Waals surface area contributed by atoms with Crippen LogP contribution >= 0.6 is 0 Å². The van der Waals surface area contributed by atoms with Gasteiger partial charge < -0.3 is 4.74 Å². The number of carbonyl (C=O) groups is 4. The summed E-state index contributed by atoms with van der Waals surface area (Å²) in [6.07, 6.45) is 1.31. The molecule has 1 heterocycles. The molecule has 0 N–H and O–H groups in total. The molecule has 22 heavy (non-hydrogen) atoms. The van der Waals surface area contributed by atoms with Crippen LogP contribution in [-0.4, -0.2) is 47.7 Å². The molecule has 1 aliphatic heterocycles. The van der Waals surface area contributed by atoms with Crippen LogP contribution in [0.1, 0.15) is 12.5 Å². The minimum atomic E-state index is -0.703. The summed E-state index contributed by atoms with van der Waals surface area (Å²) in [5.74, 6) is -1.70. The fourth-order valence-electron chi connectivity index (χ4n) is 1.98. The maximum atomic E-state index is 12.1. The van der Waals surface area contributed by atoms with Crippen molar-refractivity contribution in [1.82, 2.24) is 9.80 Å². The number of nitrogens with zero attached hydrogens (tertiary/aromatic N) is 2. The lowest BCUT2D eigenvalue weighted by Crippen LogP contribution is -2.52. The summed E-state index contributed by atoms with van der Waals surface area (Å²) >= 11 is 0. The van der Waals surface area contributed by atoms with E-state index in [-0.39, 0.29) is 11.3 Å². The first kappa shape index (κ1) is 15.4. The molecule has 1 aromatic rings. The predicted molar refractivity (Wildman–Crippen MR) is 76.7 cm³/mol. The molecule has 2 rings (SSSR count). The van der Waals surface area contributed by atoms with Crippen molar-refractivity contribution in [2.45, 2.75) is 6.92 Å². The van der Waals surface area contributed by atoms with Gasteiger partial charge in [-0.3, -0.25) is 24.2 Å². The molecule has 0 bridgehead atoms. The van der Waals surface area contributed by atoms with E-state index in [0.29, 0.717) is 5.56 Å². The van der Waals surface area contributed by atoms with Gasteiger partial charge >= 0.3 is 12.0 Å². The predicted octanol–water partition coefficient (Wildman–Crippen LogP) is 1.05.